The van der Waals surface area contributed by atoms with Crippen molar-refractivity contribution in [3.8, 4) is 0 Å². The van der Waals surface area contributed by atoms with E-state index in [0.717, 1.165) is 15.4 Å². The van der Waals surface area contributed by atoms with E-state index in [4.69, 9.17) is 0 Å². The fourth-order valence-corrected chi connectivity index (χ4v) is 5.50. The van der Waals surface area contributed by atoms with E-state index >= 15 is 0 Å². The van der Waals surface area contributed by atoms with Crippen LogP contribution in [0.2, 0.25) is 0 Å². The van der Waals surface area contributed by atoms with Crippen LogP contribution in [0.3, 0.4) is 0 Å². The minimum absolute atomic E-state index is 0.0342. The summed E-state index contributed by atoms with van der Waals surface area (Å²) in [5.74, 6) is -0.554. The first-order chi connectivity index (χ1) is 15.5. The summed E-state index contributed by atoms with van der Waals surface area (Å²) in [7, 11) is -6.31. The molecule has 0 atom stereocenters. The number of hydrogen-bond acceptors (Lipinski definition) is 5. The van der Waals surface area contributed by atoms with Crippen LogP contribution in [0.15, 0.2) is 82.6 Å². The molecule has 3 aromatic carbocycles. The van der Waals surface area contributed by atoms with Gasteiger partial charge in [-0.05, 0) is 61.4 Å². The molecule has 0 radical (unpaired) electrons. The van der Waals surface area contributed by atoms with Gasteiger partial charge >= 0.3 is 0 Å². The number of carbonyl (C=O) groups excluding carboxylic acids is 1. The summed E-state index contributed by atoms with van der Waals surface area (Å²) >= 11 is 0. The first kappa shape index (κ1) is 24.4. The molecule has 33 heavy (non-hydrogen) atoms. The molecule has 174 valence electrons. The van der Waals surface area contributed by atoms with E-state index in [1.54, 1.807) is 18.2 Å². The molecule has 0 spiro atoms. The molecule has 8 nitrogen and oxygen atoms in total. The number of amides is 1. The second-order valence-corrected chi connectivity index (χ2v) is 11.2. The number of likely N-dealkylation sites (N-methyl/N-ethyl adjacent to an activating group) is 1. The topological polar surface area (TPSA) is 113 Å². The lowest BCUT2D eigenvalue weighted by Gasteiger charge is -2.17. The maximum atomic E-state index is 12.8. The van der Waals surface area contributed by atoms with Crippen molar-refractivity contribution in [1.82, 2.24) is 4.31 Å². The number of para-hydroxylation sites is 1. The molecule has 10 heteroatoms. The van der Waals surface area contributed by atoms with Gasteiger partial charge in [0.1, 0.15) is 0 Å². The summed E-state index contributed by atoms with van der Waals surface area (Å²) < 4.78 is 54.2. The standard InChI is InChI=1S/C23H25N3O5S2/c1-17-8-7-9-18(2)23(17)25-32(28,29)20-14-12-19(13-15-20)24-22(27)16-26(3)33(30,31)21-10-5-4-6-11-21/h4-15,25H,16H2,1-3H3,(H,24,27). The van der Waals surface area contributed by atoms with Gasteiger partial charge in [0.15, 0.2) is 0 Å². The van der Waals surface area contributed by atoms with Crippen molar-refractivity contribution < 1.29 is 21.6 Å². The first-order valence-electron chi connectivity index (χ1n) is 10.0. The summed E-state index contributed by atoms with van der Waals surface area (Å²) in [5, 5.41) is 2.58. The van der Waals surface area contributed by atoms with Gasteiger partial charge in [0.05, 0.1) is 22.0 Å². The largest absolute Gasteiger partial charge is 0.325 e. The number of anilines is 2. The molecule has 3 aromatic rings. The molecule has 0 saturated heterocycles. The van der Waals surface area contributed by atoms with Crippen molar-refractivity contribution >= 4 is 37.3 Å². The Hall–Kier alpha value is -3.21. The Labute approximate surface area is 194 Å². The Morgan fingerprint density at radius 3 is 1.94 bits per heavy atom. The van der Waals surface area contributed by atoms with Crippen LogP contribution in [0.5, 0.6) is 0 Å². The zero-order valence-electron chi connectivity index (χ0n) is 18.4. The number of hydrogen-bond donors (Lipinski definition) is 2. The second kappa shape index (κ2) is 9.74. The minimum atomic E-state index is -3.82. The van der Waals surface area contributed by atoms with E-state index < -0.39 is 32.5 Å². The van der Waals surface area contributed by atoms with E-state index in [0.29, 0.717) is 11.4 Å². The summed E-state index contributed by atoms with van der Waals surface area (Å²) in [6.45, 7) is 3.24. The van der Waals surface area contributed by atoms with Crippen molar-refractivity contribution in [3.05, 3.63) is 83.9 Å². The Balaban J connectivity index is 1.67. The average Bonchev–Trinajstić information content (AvgIpc) is 2.77. The Kier molecular flexibility index (Phi) is 7.21. The number of carbonyl (C=O) groups is 1. The van der Waals surface area contributed by atoms with E-state index in [9.17, 15) is 21.6 Å². The minimum Gasteiger partial charge on any atom is -0.325 e. The molecule has 2 N–H and O–H groups in total. The van der Waals surface area contributed by atoms with Crippen molar-refractivity contribution in [1.29, 1.82) is 0 Å². The van der Waals surface area contributed by atoms with Crippen LogP contribution in [0, 0.1) is 13.8 Å². The maximum absolute atomic E-state index is 12.8. The molecule has 0 fully saturated rings. The van der Waals surface area contributed by atoms with Gasteiger partial charge in [-0.2, -0.15) is 4.31 Å². The number of aryl methyl sites for hydroxylation is 2. The number of nitrogens with one attached hydrogen (secondary N) is 2. The van der Waals surface area contributed by atoms with Gasteiger partial charge in [-0.15, -0.1) is 0 Å². The highest BCUT2D eigenvalue weighted by Crippen LogP contribution is 2.24. The monoisotopic (exact) mass is 487 g/mol. The molecule has 0 unspecified atom stereocenters. The molecule has 0 aliphatic heterocycles. The fourth-order valence-electron chi connectivity index (χ4n) is 3.15. The SMILES string of the molecule is Cc1cccc(C)c1NS(=O)(=O)c1ccc(NC(=O)CN(C)S(=O)(=O)c2ccccc2)cc1. The predicted molar refractivity (Wildman–Crippen MR) is 128 cm³/mol. The molecular weight excluding hydrogens is 462 g/mol. The summed E-state index contributed by atoms with van der Waals surface area (Å²) in [4.78, 5) is 12.5. The smallest absolute Gasteiger partial charge is 0.261 e. The zero-order valence-corrected chi connectivity index (χ0v) is 20.1. The number of rotatable bonds is 8. The van der Waals surface area contributed by atoms with Gasteiger partial charge in [-0.3, -0.25) is 9.52 Å². The van der Waals surface area contributed by atoms with Crippen molar-refractivity contribution in [2.45, 2.75) is 23.6 Å². The lowest BCUT2D eigenvalue weighted by Crippen LogP contribution is -2.34. The van der Waals surface area contributed by atoms with Crippen molar-refractivity contribution in [2.24, 2.45) is 0 Å². The van der Waals surface area contributed by atoms with Crippen LogP contribution in [0.25, 0.3) is 0 Å². The average molecular weight is 488 g/mol. The quantitative estimate of drug-likeness (QED) is 0.506. The summed E-state index contributed by atoms with van der Waals surface area (Å²) in [6.07, 6.45) is 0. The Bertz CT molecular complexity index is 1330. The Morgan fingerprint density at radius 1 is 0.788 bits per heavy atom. The van der Waals surface area contributed by atoms with E-state index in [1.165, 1.54) is 43.4 Å². The zero-order chi connectivity index (χ0) is 24.2. The molecule has 0 aliphatic rings. The van der Waals surface area contributed by atoms with Crippen LogP contribution < -0.4 is 10.0 Å². The van der Waals surface area contributed by atoms with Crippen LogP contribution in [0.4, 0.5) is 11.4 Å². The molecule has 0 heterocycles. The highest BCUT2D eigenvalue weighted by molar-refractivity contribution is 7.92. The third kappa shape index (κ3) is 5.78. The van der Waals surface area contributed by atoms with Gasteiger partial charge < -0.3 is 5.32 Å². The maximum Gasteiger partial charge on any atom is 0.261 e. The summed E-state index contributed by atoms with van der Waals surface area (Å²) in [6, 6.07) is 18.9. The van der Waals surface area contributed by atoms with E-state index in [1.807, 2.05) is 32.0 Å². The van der Waals surface area contributed by atoms with Crippen LogP contribution in [0.1, 0.15) is 11.1 Å². The molecule has 0 saturated carbocycles. The highest BCUT2D eigenvalue weighted by Gasteiger charge is 2.23. The summed E-state index contributed by atoms with van der Waals surface area (Å²) in [5.41, 5.74) is 2.48. The van der Waals surface area contributed by atoms with E-state index in [-0.39, 0.29) is 9.79 Å². The van der Waals surface area contributed by atoms with Crippen LogP contribution in [-0.4, -0.2) is 40.6 Å². The van der Waals surface area contributed by atoms with E-state index in [2.05, 4.69) is 10.0 Å². The predicted octanol–water partition coefficient (Wildman–Crippen LogP) is 3.36. The van der Waals surface area contributed by atoms with Gasteiger partial charge in [0.25, 0.3) is 10.0 Å². The normalized spacial score (nSPS) is 11.9. The lowest BCUT2D eigenvalue weighted by molar-refractivity contribution is -0.116. The van der Waals surface area contributed by atoms with Crippen LogP contribution in [-0.2, 0) is 24.8 Å². The fraction of sp³-hybridized carbons (Fsp3) is 0.174. The van der Waals surface area contributed by atoms with Gasteiger partial charge in [-0.25, -0.2) is 16.8 Å². The number of nitrogens with zero attached hydrogens (tertiary/aromatic N) is 1. The molecule has 0 aromatic heterocycles. The molecule has 1 amide bonds. The number of sulfonamides is 2. The molecule has 0 bridgehead atoms. The first-order valence-corrected chi connectivity index (χ1v) is 12.9. The van der Waals surface area contributed by atoms with Crippen molar-refractivity contribution in [2.75, 3.05) is 23.6 Å². The van der Waals surface area contributed by atoms with Gasteiger partial charge in [0.2, 0.25) is 15.9 Å². The van der Waals surface area contributed by atoms with Gasteiger partial charge in [0, 0.05) is 12.7 Å². The lowest BCUT2D eigenvalue weighted by atomic mass is 10.1. The molecular formula is C23H25N3O5S2. The van der Waals surface area contributed by atoms with Gasteiger partial charge in [-0.1, -0.05) is 36.4 Å². The third-order valence-corrected chi connectivity index (χ3v) is 8.17. The second-order valence-electron chi connectivity index (χ2n) is 7.52. The third-order valence-electron chi connectivity index (χ3n) is 4.98. The molecule has 0 aliphatic carbocycles. The number of benzene rings is 3. The van der Waals surface area contributed by atoms with Crippen LogP contribution >= 0.6 is 0 Å². The highest BCUT2D eigenvalue weighted by atomic mass is 32.2. The van der Waals surface area contributed by atoms with Crippen molar-refractivity contribution in [3.63, 3.8) is 0 Å². The molecule has 3 rings (SSSR count). The Morgan fingerprint density at radius 2 is 1.36 bits per heavy atom.